The predicted octanol–water partition coefficient (Wildman–Crippen LogP) is 2.06. The Hall–Kier alpha value is -0.570. The molecule has 1 aliphatic heterocycles. The second-order valence-electron chi connectivity index (χ2n) is 4.90. The Morgan fingerprint density at radius 1 is 1.40 bits per heavy atom. The van der Waals surface area contributed by atoms with Gasteiger partial charge >= 0.3 is 0 Å². The molecule has 0 radical (unpaired) electrons. The molecule has 1 unspecified atom stereocenters. The minimum absolute atomic E-state index is 0.133. The molecule has 0 N–H and O–H groups in total. The van der Waals surface area contributed by atoms with Crippen LogP contribution in [0.15, 0.2) is 0 Å². The van der Waals surface area contributed by atoms with E-state index in [2.05, 4.69) is 13.8 Å². The maximum absolute atomic E-state index is 11.9. The number of likely N-dealkylation sites (tertiary alicyclic amines) is 1. The Balaban J connectivity index is 2.44. The first-order valence-electron chi connectivity index (χ1n) is 5.93. The third-order valence-corrected chi connectivity index (χ3v) is 2.93. The van der Waals surface area contributed by atoms with Crippen LogP contribution in [0.25, 0.3) is 0 Å². The van der Waals surface area contributed by atoms with Crippen LogP contribution in [0.3, 0.4) is 0 Å². The molecule has 1 heterocycles. The summed E-state index contributed by atoms with van der Waals surface area (Å²) in [6.45, 7) is 9.41. The molecule has 88 valence electrons. The maximum atomic E-state index is 11.9. The molecule has 3 nitrogen and oxygen atoms in total. The Bertz CT molecular complexity index is 214. The number of hydrogen-bond acceptors (Lipinski definition) is 2. The molecule has 1 atom stereocenters. The number of carbonyl (C=O) groups excluding carboxylic acids is 1. The molecule has 0 spiro atoms. The zero-order chi connectivity index (χ0) is 11.4. The molecule has 0 aromatic heterocycles. The van der Waals surface area contributed by atoms with Crippen LogP contribution in [0.5, 0.6) is 0 Å². The molecule has 0 aromatic carbocycles. The van der Waals surface area contributed by atoms with Crippen molar-refractivity contribution in [2.45, 2.75) is 52.7 Å². The first-order valence-corrected chi connectivity index (χ1v) is 5.93. The molecule has 0 saturated carbocycles. The Kier molecular flexibility index (Phi) is 4.58. The molecule has 15 heavy (non-hydrogen) atoms. The molecular formula is C12H23NO2. The van der Waals surface area contributed by atoms with Crippen molar-refractivity contribution in [2.75, 3.05) is 13.2 Å². The van der Waals surface area contributed by atoms with Gasteiger partial charge in [-0.1, -0.05) is 13.8 Å². The summed E-state index contributed by atoms with van der Waals surface area (Å²) in [4.78, 5) is 13.9. The SMILES string of the molecule is CC(C)OCC(=O)N1CCCC1C(C)C. The van der Waals surface area contributed by atoms with E-state index in [0.29, 0.717) is 12.0 Å². The van der Waals surface area contributed by atoms with Crippen LogP contribution in [-0.4, -0.2) is 36.1 Å². The highest BCUT2D eigenvalue weighted by Crippen LogP contribution is 2.23. The number of carbonyl (C=O) groups is 1. The minimum Gasteiger partial charge on any atom is -0.369 e. The Morgan fingerprint density at radius 2 is 2.07 bits per heavy atom. The maximum Gasteiger partial charge on any atom is 0.248 e. The fourth-order valence-corrected chi connectivity index (χ4v) is 2.12. The van der Waals surface area contributed by atoms with Crippen molar-refractivity contribution in [1.82, 2.24) is 4.90 Å². The van der Waals surface area contributed by atoms with Gasteiger partial charge in [-0.3, -0.25) is 4.79 Å². The topological polar surface area (TPSA) is 29.5 Å². The molecule has 1 fully saturated rings. The predicted molar refractivity (Wildman–Crippen MR) is 60.7 cm³/mol. The fourth-order valence-electron chi connectivity index (χ4n) is 2.12. The van der Waals surface area contributed by atoms with Gasteiger partial charge in [-0.2, -0.15) is 0 Å². The molecule has 1 amide bonds. The van der Waals surface area contributed by atoms with Crippen molar-refractivity contribution in [3.63, 3.8) is 0 Å². The van der Waals surface area contributed by atoms with Crippen LogP contribution in [0.2, 0.25) is 0 Å². The smallest absolute Gasteiger partial charge is 0.248 e. The summed E-state index contributed by atoms with van der Waals surface area (Å²) >= 11 is 0. The minimum atomic E-state index is 0.133. The molecule has 3 heteroatoms. The molecule has 0 aliphatic carbocycles. The van der Waals surface area contributed by atoms with Crippen LogP contribution in [0.4, 0.5) is 0 Å². The van der Waals surface area contributed by atoms with Gasteiger partial charge in [0.15, 0.2) is 0 Å². The highest BCUT2D eigenvalue weighted by Gasteiger charge is 2.30. The van der Waals surface area contributed by atoms with E-state index in [4.69, 9.17) is 4.74 Å². The van der Waals surface area contributed by atoms with Crippen molar-refractivity contribution in [3.05, 3.63) is 0 Å². The molecule has 0 bridgehead atoms. The standard InChI is InChI=1S/C12H23NO2/c1-9(2)11-6-5-7-13(11)12(14)8-15-10(3)4/h9-11H,5-8H2,1-4H3. The van der Waals surface area contributed by atoms with Crippen molar-refractivity contribution < 1.29 is 9.53 Å². The zero-order valence-electron chi connectivity index (χ0n) is 10.3. The van der Waals surface area contributed by atoms with Gasteiger partial charge < -0.3 is 9.64 Å². The first kappa shape index (κ1) is 12.5. The normalized spacial score (nSPS) is 21.7. The average Bonchev–Trinajstić information content (AvgIpc) is 2.62. The van der Waals surface area contributed by atoms with Crippen LogP contribution >= 0.6 is 0 Å². The van der Waals surface area contributed by atoms with E-state index in [0.717, 1.165) is 19.4 Å². The summed E-state index contributed by atoms with van der Waals surface area (Å²) in [7, 11) is 0. The van der Waals surface area contributed by atoms with Crippen molar-refractivity contribution in [2.24, 2.45) is 5.92 Å². The average molecular weight is 213 g/mol. The lowest BCUT2D eigenvalue weighted by atomic mass is 10.0. The number of ether oxygens (including phenoxy) is 1. The van der Waals surface area contributed by atoms with Gasteiger partial charge in [0.2, 0.25) is 5.91 Å². The Morgan fingerprint density at radius 3 is 2.60 bits per heavy atom. The lowest BCUT2D eigenvalue weighted by molar-refractivity contribution is -0.139. The summed E-state index contributed by atoms with van der Waals surface area (Å²) in [5.41, 5.74) is 0. The van der Waals surface area contributed by atoms with Crippen LogP contribution in [0, 0.1) is 5.92 Å². The van der Waals surface area contributed by atoms with E-state index in [-0.39, 0.29) is 18.6 Å². The molecule has 1 aliphatic rings. The van der Waals surface area contributed by atoms with E-state index in [1.807, 2.05) is 18.7 Å². The van der Waals surface area contributed by atoms with Gasteiger partial charge in [0.05, 0.1) is 6.10 Å². The van der Waals surface area contributed by atoms with Crippen molar-refractivity contribution in [3.8, 4) is 0 Å². The highest BCUT2D eigenvalue weighted by molar-refractivity contribution is 5.78. The zero-order valence-corrected chi connectivity index (χ0v) is 10.3. The monoisotopic (exact) mass is 213 g/mol. The third kappa shape index (κ3) is 3.49. The van der Waals surface area contributed by atoms with Gasteiger partial charge in [0.1, 0.15) is 6.61 Å². The number of hydrogen-bond donors (Lipinski definition) is 0. The molecule has 1 rings (SSSR count). The van der Waals surface area contributed by atoms with Gasteiger partial charge in [0.25, 0.3) is 0 Å². The summed E-state index contributed by atoms with van der Waals surface area (Å²) in [6.07, 6.45) is 2.41. The van der Waals surface area contributed by atoms with Crippen molar-refractivity contribution in [1.29, 1.82) is 0 Å². The van der Waals surface area contributed by atoms with E-state index in [1.54, 1.807) is 0 Å². The molecule has 1 saturated heterocycles. The highest BCUT2D eigenvalue weighted by atomic mass is 16.5. The number of nitrogens with zero attached hydrogens (tertiary/aromatic N) is 1. The van der Waals surface area contributed by atoms with Gasteiger partial charge in [-0.25, -0.2) is 0 Å². The lowest BCUT2D eigenvalue weighted by Gasteiger charge is -2.27. The van der Waals surface area contributed by atoms with E-state index >= 15 is 0 Å². The second kappa shape index (κ2) is 5.50. The van der Waals surface area contributed by atoms with E-state index in [1.165, 1.54) is 0 Å². The molecular weight excluding hydrogens is 190 g/mol. The van der Waals surface area contributed by atoms with Crippen LogP contribution < -0.4 is 0 Å². The van der Waals surface area contributed by atoms with E-state index < -0.39 is 0 Å². The molecule has 0 aromatic rings. The van der Waals surface area contributed by atoms with Crippen LogP contribution in [0.1, 0.15) is 40.5 Å². The second-order valence-corrected chi connectivity index (χ2v) is 4.90. The number of rotatable bonds is 4. The lowest BCUT2D eigenvalue weighted by Crippen LogP contribution is -2.40. The largest absolute Gasteiger partial charge is 0.369 e. The van der Waals surface area contributed by atoms with Gasteiger partial charge in [0, 0.05) is 12.6 Å². The van der Waals surface area contributed by atoms with Crippen molar-refractivity contribution >= 4 is 5.91 Å². The van der Waals surface area contributed by atoms with Crippen LogP contribution in [-0.2, 0) is 9.53 Å². The summed E-state index contributed by atoms with van der Waals surface area (Å²) in [6, 6.07) is 0.424. The van der Waals surface area contributed by atoms with E-state index in [9.17, 15) is 4.79 Å². The summed E-state index contributed by atoms with van der Waals surface area (Å²) < 4.78 is 5.35. The van der Waals surface area contributed by atoms with Gasteiger partial charge in [-0.05, 0) is 32.6 Å². The summed E-state index contributed by atoms with van der Waals surface area (Å²) in [5.74, 6) is 0.704. The quantitative estimate of drug-likeness (QED) is 0.715. The Labute approximate surface area is 92.8 Å². The van der Waals surface area contributed by atoms with Gasteiger partial charge in [-0.15, -0.1) is 0 Å². The fraction of sp³-hybridized carbons (Fsp3) is 0.917. The third-order valence-electron chi connectivity index (χ3n) is 2.93. The number of amides is 1. The summed E-state index contributed by atoms with van der Waals surface area (Å²) in [5, 5.41) is 0. The first-order chi connectivity index (χ1) is 7.02.